The topological polar surface area (TPSA) is 133 Å². The highest BCUT2D eigenvalue weighted by Crippen LogP contribution is 2.30. The normalized spacial score (nSPS) is 18.0. The summed E-state index contributed by atoms with van der Waals surface area (Å²) in [4.78, 5) is 38.5. The van der Waals surface area contributed by atoms with E-state index < -0.39 is 12.7 Å². The molecule has 4 rings (SSSR count). The molecule has 3 heterocycles. The van der Waals surface area contributed by atoms with E-state index in [9.17, 15) is 19.2 Å². The summed E-state index contributed by atoms with van der Waals surface area (Å²) in [6.07, 6.45) is 6.23. The summed E-state index contributed by atoms with van der Waals surface area (Å²) in [5.74, 6) is 0.0802. The number of aromatic nitrogens is 3. The molecule has 32 heavy (non-hydrogen) atoms. The van der Waals surface area contributed by atoms with Gasteiger partial charge in [-0.2, -0.15) is 5.26 Å². The lowest BCUT2D eigenvalue weighted by atomic mass is 10.1. The van der Waals surface area contributed by atoms with Crippen LogP contribution in [0.1, 0.15) is 18.5 Å². The van der Waals surface area contributed by atoms with Crippen LogP contribution >= 0.6 is 0 Å². The van der Waals surface area contributed by atoms with Crippen LogP contribution in [-0.4, -0.2) is 70.7 Å². The molecular formula is C21H22FN7O3. The van der Waals surface area contributed by atoms with Crippen molar-refractivity contribution in [1.82, 2.24) is 19.9 Å². The molecular weight excluding hydrogens is 417 g/mol. The minimum absolute atomic E-state index is 0.0569. The summed E-state index contributed by atoms with van der Waals surface area (Å²) in [6.45, 7) is 0.0465. The third-order valence-electron chi connectivity index (χ3n) is 5.30. The van der Waals surface area contributed by atoms with E-state index in [4.69, 9.17) is 4.74 Å². The number of nitrogens with zero attached hydrogens (tertiary/aromatic N) is 5. The Morgan fingerprint density at radius 2 is 2.09 bits per heavy atom. The fourth-order valence-electron chi connectivity index (χ4n) is 3.33. The zero-order valence-electron chi connectivity index (χ0n) is 17.3. The number of halogens is 1. The first-order chi connectivity index (χ1) is 15.6. The van der Waals surface area contributed by atoms with Gasteiger partial charge in [0.05, 0.1) is 49.6 Å². The molecule has 0 unspecified atom stereocenters. The minimum Gasteiger partial charge on any atom is -0.377 e. The van der Waals surface area contributed by atoms with Crippen molar-refractivity contribution in [1.29, 1.82) is 5.26 Å². The van der Waals surface area contributed by atoms with Crippen molar-refractivity contribution in [2.24, 2.45) is 5.92 Å². The molecule has 2 aromatic rings. The maximum absolute atomic E-state index is 13.2. The predicted octanol–water partition coefficient (Wildman–Crippen LogP) is 1.37. The molecule has 0 bridgehead atoms. The number of rotatable bonds is 7. The Kier molecular flexibility index (Phi) is 6.51. The van der Waals surface area contributed by atoms with E-state index in [-0.39, 0.29) is 36.6 Å². The van der Waals surface area contributed by atoms with Gasteiger partial charge in [0.1, 0.15) is 12.7 Å². The van der Waals surface area contributed by atoms with Crippen molar-refractivity contribution in [2.45, 2.75) is 18.9 Å². The number of amides is 2. The minimum atomic E-state index is -0.679. The Hall–Kier alpha value is -3.65. The van der Waals surface area contributed by atoms with Gasteiger partial charge in [-0.25, -0.2) is 14.4 Å². The van der Waals surface area contributed by atoms with Crippen molar-refractivity contribution >= 4 is 23.3 Å². The summed E-state index contributed by atoms with van der Waals surface area (Å²) in [5, 5.41) is 15.0. The fourth-order valence-corrected chi connectivity index (χ4v) is 3.33. The highest BCUT2D eigenvalue weighted by molar-refractivity contribution is 5.93. The number of carbonyl (C=O) groups is 2. The Morgan fingerprint density at radius 1 is 1.25 bits per heavy atom. The van der Waals surface area contributed by atoms with E-state index in [2.05, 4.69) is 25.6 Å². The van der Waals surface area contributed by atoms with Crippen molar-refractivity contribution in [2.75, 3.05) is 43.6 Å². The number of ether oxygens (including phenoxy) is 1. The molecule has 1 aliphatic carbocycles. The van der Waals surface area contributed by atoms with E-state index in [0.29, 0.717) is 35.9 Å². The van der Waals surface area contributed by atoms with Crippen LogP contribution in [0.5, 0.6) is 0 Å². The van der Waals surface area contributed by atoms with Gasteiger partial charge in [-0.05, 0) is 18.9 Å². The Balaban J connectivity index is 1.44. The zero-order valence-corrected chi connectivity index (χ0v) is 17.3. The number of hydrogen-bond acceptors (Lipinski definition) is 8. The van der Waals surface area contributed by atoms with Crippen LogP contribution in [0.25, 0.3) is 11.3 Å². The lowest BCUT2D eigenvalue weighted by molar-refractivity contribution is -0.138. The van der Waals surface area contributed by atoms with Gasteiger partial charge >= 0.3 is 0 Å². The van der Waals surface area contributed by atoms with Gasteiger partial charge in [-0.15, -0.1) is 0 Å². The average molecular weight is 439 g/mol. The fraction of sp³-hybridized carbons (Fsp3) is 0.429. The van der Waals surface area contributed by atoms with Crippen molar-refractivity contribution in [3.8, 4) is 17.3 Å². The summed E-state index contributed by atoms with van der Waals surface area (Å²) in [6, 6.07) is 3.03. The smallest absolute Gasteiger partial charge is 0.242 e. The van der Waals surface area contributed by atoms with E-state index in [1.165, 1.54) is 23.5 Å². The van der Waals surface area contributed by atoms with Crippen LogP contribution in [0.15, 0.2) is 24.7 Å². The maximum atomic E-state index is 13.2. The first-order valence-corrected chi connectivity index (χ1v) is 10.3. The van der Waals surface area contributed by atoms with E-state index in [0.717, 1.165) is 12.8 Å². The van der Waals surface area contributed by atoms with E-state index in [1.807, 2.05) is 6.07 Å². The summed E-state index contributed by atoms with van der Waals surface area (Å²) < 4.78 is 18.4. The number of morpholine rings is 1. The molecule has 2 aromatic heterocycles. The molecule has 1 aliphatic heterocycles. The average Bonchev–Trinajstić information content (AvgIpc) is 3.68. The van der Waals surface area contributed by atoms with E-state index in [1.54, 1.807) is 6.07 Å². The van der Waals surface area contributed by atoms with Gasteiger partial charge in [0, 0.05) is 24.2 Å². The van der Waals surface area contributed by atoms with Crippen LogP contribution < -0.4 is 10.6 Å². The Labute approximate surface area is 183 Å². The van der Waals surface area contributed by atoms with Crippen molar-refractivity contribution in [3.63, 3.8) is 0 Å². The number of nitriles is 1. The molecule has 1 saturated heterocycles. The summed E-state index contributed by atoms with van der Waals surface area (Å²) >= 11 is 0. The van der Waals surface area contributed by atoms with Gasteiger partial charge in [0.25, 0.3) is 0 Å². The van der Waals surface area contributed by atoms with Crippen molar-refractivity contribution < 1.29 is 18.7 Å². The van der Waals surface area contributed by atoms with Crippen LogP contribution in [0.4, 0.5) is 15.9 Å². The number of anilines is 2. The molecule has 2 amide bonds. The largest absolute Gasteiger partial charge is 0.377 e. The molecule has 10 nitrogen and oxygen atoms in total. The number of pyridine rings is 1. The highest BCUT2D eigenvalue weighted by atomic mass is 19.1. The summed E-state index contributed by atoms with van der Waals surface area (Å²) in [5.41, 5.74) is 1.55. The molecule has 2 N–H and O–H groups in total. The van der Waals surface area contributed by atoms with Gasteiger partial charge in [0.2, 0.25) is 11.8 Å². The highest BCUT2D eigenvalue weighted by Gasteiger charge is 2.30. The predicted molar refractivity (Wildman–Crippen MR) is 112 cm³/mol. The first-order valence-electron chi connectivity index (χ1n) is 10.3. The second-order valence-electron chi connectivity index (χ2n) is 7.61. The Morgan fingerprint density at radius 3 is 2.78 bits per heavy atom. The lowest BCUT2D eigenvalue weighted by Gasteiger charge is -2.34. The van der Waals surface area contributed by atoms with Gasteiger partial charge in [-0.3, -0.25) is 14.6 Å². The summed E-state index contributed by atoms with van der Waals surface area (Å²) in [7, 11) is 0. The van der Waals surface area contributed by atoms with Gasteiger partial charge < -0.3 is 20.3 Å². The molecule has 2 fully saturated rings. The Bertz CT molecular complexity index is 1040. The maximum Gasteiger partial charge on any atom is 0.242 e. The molecule has 11 heteroatoms. The standard InChI is InChI=1S/C21H22FN7O3/c22-6-15-12-32-4-3-29(15)20(30)11-26-16-5-14(8-24-17(16)7-23)18-9-27-19(10-25-18)28-21(31)13-1-2-13/h5,8-10,13,15,26H,1-4,6,11-12H2,(H,27,28,31)/t15-/m0/s1. The number of alkyl halides is 1. The lowest BCUT2D eigenvalue weighted by Crippen LogP contribution is -2.51. The van der Waals surface area contributed by atoms with Crippen LogP contribution in [0.2, 0.25) is 0 Å². The van der Waals surface area contributed by atoms with Crippen molar-refractivity contribution in [3.05, 3.63) is 30.4 Å². The molecule has 166 valence electrons. The molecule has 1 atom stereocenters. The first kappa shape index (κ1) is 21.6. The SMILES string of the molecule is N#Cc1ncc(-c2cnc(NC(=O)C3CC3)cn2)cc1NCC(=O)N1CCOC[C@@H]1CF. The van der Waals surface area contributed by atoms with E-state index >= 15 is 0 Å². The third kappa shape index (κ3) is 4.97. The van der Waals surface area contributed by atoms with Gasteiger partial charge in [0.15, 0.2) is 11.5 Å². The zero-order chi connectivity index (χ0) is 22.5. The molecule has 0 spiro atoms. The number of hydrogen-bond donors (Lipinski definition) is 2. The van der Waals surface area contributed by atoms with Crippen LogP contribution in [-0.2, 0) is 14.3 Å². The molecule has 0 radical (unpaired) electrons. The van der Waals surface area contributed by atoms with Crippen LogP contribution in [0.3, 0.4) is 0 Å². The third-order valence-corrected chi connectivity index (χ3v) is 5.30. The van der Waals surface area contributed by atoms with Crippen LogP contribution in [0, 0.1) is 17.2 Å². The molecule has 2 aliphatic rings. The number of nitrogens with one attached hydrogen (secondary N) is 2. The second kappa shape index (κ2) is 9.65. The molecule has 1 saturated carbocycles. The van der Waals surface area contributed by atoms with Gasteiger partial charge in [-0.1, -0.05) is 0 Å². The molecule has 0 aromatic carbocycles. The number of carbonyl (C=O) groups excluding carboxylic acids is 2. The quantitative estimate of drug-likeness (QED) is 0.661. The monoisotopic (exact) mass is 439 g/mol. The second-order valence-corrected chi connectivity index (χ2v) is 7.61.